The molecule has 0 saturated carbocycles. The van der Waals surface area contributed by atoms with Crippen molar-refractivity contribution in [2.45, 2.75) is 45.1 Å². The normalized spacial score (nSPS) is 12.5. The average Bonchev–Trinajstić information content (AvgIpc) is 2.96. The van der Waals surface area contributed by atoms with Crippen LogP contribution >= 0.6 is 0 Å². The molecule has 0 amide bonds. The summed E-state index contributed by atoms with van der Waals surface area (Å²) in [5.41, 5.74) is 1.99. The number of aromatic amines is 1. The van der Waals surface area contributed by atoms with Gasteiger partial charge >= 0.3 is 5.97 Å². The van der Waals surface area contributed by atoms with Gasteiger partial charge in [-0.05, 0) is 31.0 Å². The molecule has 0 aliphatic carbocycles. The van der Waals surface area contributed by atoms with Crippen LogP contribution in [0.1, 0.15) is 39.0 Å². The summed E-state index contributed by atoms with van der Waals surface area (Å²) in [6, 6.07) is 13.7. The van der Waals surface area contributed by atoms with E-state index < -0.39 is 12.1 Å². The maximum absolute atomic E-state index is 11.6. The van der Waals surface area contributed by atoms with Gasteiger partial charge in [-0.15, -0.1) is 0 Å². The highest BCUT2D eigenvalue weighted by Crippen LogP contribution is 2.33. The summed E-state index contributed by atoms with van der Waals surface area (Å²) in [4.78, 5) is 14.9. The van der Waals surface area contributed by atoms with Gasteiger partial charge in [-0.25, -0.2) is 4.79 Å². The molecular weight excluding hydrogens is 302 g/mol. The highest BCUT2D eigenvalue weighted by Gasteiger charge is 2.21. The Morgan fingerprint density at radius 2 is 1.88 bits per heavy atom. The zero-order chi connectivity index (χ0) is 16.9. The number of hydrogen-bond donors (Lipinski definition) is 2. The molecule has 1 aromatic heterocycles. The topological polar surface area (TPSA) is 62.3 Å². The van der Waals surface area contributed by atoms with E-state index in [-0.39, 0.29) is 0 Å². The van der Waals surface area contributed by atoms with E-state index in [0.29, 0.717) is 12.2 Å². The first-order chi connectivity index (χ1) is 11.7. The maximum Gasteiger partial charge on any atom is 0.344 e. The number of ether oxygens (including phenoxy) is 1. The second-order valence-corrected chi connectivity index (χ2v) is 6.14. The number of carboxylic acids is 1. The second-order valence-electron chi connectivity index (χ2n) is 6.14. The van der Waals surface area contributed by atoms with E-state index in [1.54, 1.807) is 0 Å². The van der Waals surface area contributed by atoms with Crippen molar-refractivity contribution in [2.24, 2.45) is 0 Å². The van der Waals surface area contributed by atoms with Gasteiger partial charge in [-0.3, -0.25) is 0 Å². The van der Waals surface area contributed by atoms with Crippen LogP contribution in [0.3, 0.4) is 0 Å². The Balaban J connectivity index is 1.88. The Morgan fingerprint density at radius 1 is 1.08 bits per heavy atom. The quantitative estimate of drug-likeness (QED) is 0.565. The third-order valence-electron chi connectivity index (χ3n) is 4.36. The van der Waals surface area contributed by atoms with E-state index >= 15 is 0 Å². The summed E-state index contributed by atoms with van der Waals surface area (Å²) in [7, 11) is 0. The summed E-state index contributed by atoms with van der Waals surface area (Å²) < 4.78 is 5.92. The van der Waals surface area contributed by atoms with Crippen molar-refractivity contribution in [3.05, 3.63) is 42.5 Å². The van der Waals surface area contributed by atoms with Crippen molar-refractivity contribution in [2.75, 3.05) is 0 Å². The van der Waals surface area contributed by atoms with Crippen LogP contribution in [0, 0.1) is 0 Å². The number of H-pyrrole nitrogens is 1. The summed E-state index contributed by atoms with van der Waals surface area (Å²) >= 11 is 0. The minimum absolute atomic E-state index is 0.536. The van der Waals surface area contributed by atoms with Crippen LogP contribution in [0.2, 0.25) is 0 Å². The monoisotopic (exact) mass is 325 g/mol. The Labute approximate surface area is 141 Å². The second kappa shape index (κ2) is 7.39. The Kier molecular flexibility index (Phi) is 5.04. The molecule has 0 bridgehead atoms. The minimum atomic E-state index is -0.900. The zero-order valence-corrected chi connectivity index (χ0v) is 13.9. The summed E-state index contributed by atoms with van der Waals surface area (Å²) in [6.07, 6.45) is 3.91. The number of fused-ring (bicyclic) bond motifs is 3. The van der Waals surface area contributed by atoms with E-state index in [4.69, 9.17) is 4.74 Å². The molecule has 2 aromatic carbocycles. The maximum atomic E-state index is 11.6. The first-order valence-electron chi connectivity index (χ1n) is 8.59. The van der Waals surface area contributed by atoms with Crippen molar-refractivity contribution in [3.8, 4) is 5.75 Å². The molecule has 0 fully saturated rings. The molecule has 24 heavy (non-hydrogen) atoms. The molecule has 0 aliphatic heterocycles. The predicted octanol–water partition coefficient (Wildman–Crippen LogP) is 5.12. The number of carbonyl (C=O) groups is 1. The lowest BCUT2D eigenvalue weighted by Crippen LogP contribution is -2.27. The number of nitrogens with one attached hydrogen (secondary N) is 1. The van der Waals surface area contributed by atoms with Gasteiger partial charge in [0.25, 0.3) is 0 Å². The zero-order valence-electron chi connectivity index (χ0n) is 13.9. The van der Waals surface area contributed by atoms with Crippen LogP contribution in [0.5, 0.6) is 5.75 Å². The molecular formula is C20H23NO3. The van der Waals surface area contributed by atoms with Crippen LogP contribution in [0.25, 0.3) is 21.8 Å². The lowest BCUT2D eigenvalue weighted by Gasteiger charge is -2.16. The molecule has 126 valence electrons. The highest BCUT2D eigenvalue weighted by molar-refractivity contribution is 6.10. The fourth-order valence-electron chi connectivity index (χ4n) is 3.11. The Morgan fingerprint density at radius 3 is 2.67 bits per heavy atom. The van der Waals surface area contributed by atoms with E-state index in [1.165, 1.54) is 0 Å². The van der Waals surface area contributed by atoms with Gasteiger partial charge in [0, 0.05) is 16.3 Å². The number of aromatic nitrogens is 1. The van der Waals surface area contributed by atoms with Gasteiger partial charge in [0.15, 0.2) is 6.10 Å². The Hall–Kier alpha value is -2.49. The molecule has 0 spiro atoms. The molecule has 0 radical (unpaired) electrons. The van der Waals surface area contributed by atoms with Crippen LogP contribution in [0.4, 0.5) is 0 Å². The summed E-state index contributed by atoms with van der Waals surface area (Å²) in [5.74, 6) is -0.267. The summed E-state index contributed by atoms with van der Waals surface area (Å²) in [5, 5.41) is 11.5. The average molecular weight is 325 g/mol. The molecule has 0 aliphatic rings. The van der Waals surface area contributed by atoms with Crippen LogP contribution in [-0.4, -0.2) is 22.2 Å². The van der Waals surface area contributed by atoms with Crippen LogP contribution < -0.4 is 4.74 Å². The SMILES string of the molecule is CCCCCCC(Oc1cccc2[nH]c3ccccc3c12)C(=O)O. The first kappa shape index (κ1) is 16.4. The first-order valence-corrected chi connectivity index (χ1v) is 8.59. The van der Waals surface area contributed by atoms with E-state index in [9.17, 15) is 9.90 Å². The number of aliphatic carboxylic acids is 1. The van der Waals surface area contributed by atoms with E-state index in [2.05, 4.69) is 11.9 Å². The molecule has 1 atom stereocenters. The fraction of sp³-hybridized carbons (Fsp3) is 0.350. The third-order valence-corrected chi connectivity index (χ3v) is 4.36. The number of carboxylic acid groups (broad SMARTS) is 1. The van der Waals surface area contributed by atoms with Gasteiger partial charge in [0.2, 0.25) is 0 Å². The Bertz CT molecular complexity index is 837. The van der Waals surface area contributed by atoms with E-state index in [0.717, 1.165) is 47.5 Å². The number of rotatable bonds is 8. The van der Waals surface area contributed by atoms with Gasteiger partial charge in [0.1, 0.15) is 5.75 Å². The molecule has 1 heterocycles. The largest absolute Gasteiger partial charge is 0.479 e. The minimum Gasteiger partial charge on any atom is -0.479 e. The summed E-state index contributed by atoms with van der Waals surface area (Å²) in [6.45, 7) is 2.14. The predicted molar refractivity (Wildman–Crippen MR) is 96.6 cm³/mol. The number of benzene rings is 2. The van der Waals surface area contributed by atoms with Gasteiger partial charge in [0.05, 0.1) is 5.52 Å². The molecule has 3 aromatic rings. The van der Waals surface area contributed by atoms with E-state index in [1.807, 2.05) is 42.5 Å². The van der Waals surface area contributed by atoms with Crippen LogP contribution in [-0.2, 0) is 4.79 Å². The molecule has 2 N–H and O–H groups in total. The van der Waals surface area contributed by atoms with Gasteiger partial charge in [-0.1, -0.05) is 50.5 Å². The fourth-order valence-corrected chi connectivity index (χ4v) is 3.11. The molecule has 3 rings (SSSR count). The van der Waals surface area contributed by atoms with Gasteiger partial charge in [-0.2, -0.15) is 0 Å². The standard InChI is InChI=1S/C20H23NO3/c1-2-3-4-5-12-18(20(22)23)24-17-13-8-11-16-19(17)14-9-6-7-10-15(14)21-16/h6-11,13,18,21H,2-5,12H2,1H3,(H,22,23). The third kappa shape index (κ3) is 3.37. The van der Waals surface area contributed by atoms with Crippen molar-refractivity contribution in [3.63, 3.8) is 0 Å². The van der Waals surface area contributed by atoms with Crippen molar-refractivity contribution < 1.29 is 14.6 Å². The molecule has 0 saturated heterocycles. The van der Waals surface area contributed by atoms with Crippen molar-refractivity contribution >= 4 is 27.8 Å². The molecule has 4 nitrogen and oxygen atoms in total. The lowest BCUT2D eigenvalue weighted by molar-refractivity contribution is -0.145. The van der Waals surface area contributed by atoms with Crippen LogP contribution in [0.15, 0.2) is 42.5 Å². The molecule has 1 unspecified atom stereocenters. The number of para-hydroxylation sites is 1. The van der Waals surface area contributed by atoms with Crippen molar-refractivity contribution in [1.29, 1.82) is 0 Å². The van der Waals surface area contributed by atoms with Gasteiger partial charge < -0.3 is 14.8 Å². The lowest BCUT2D eigenvalue weighted by atomic mass is 10.1. The molecule has 4 heteroatoms. The number of hydrogen-bond acceptors (Lipinski definition) is 2. The van der Waals surface area contributed by atoms with Crippen molar-refractivity contribution in [1.82, 2.24) is 4.98 Å². The smallest absolute Gasteiger partial charge is 0.344 e. The number of unbranched alkanes of at least 4 members (excludes halogenated alkanes) is 3. The highest BCUT2D eigenvalue weighted by atomic mass is 16.5.